The fourth-order valence-corrected chi connectivity index (χ4v) is 3.16. The molecule has 0 spiro atoms. The van der Waals surface area contributed by atoms with Crippen LogP contribution in [0.25, 0.3) is 10.9 Å². The molecular formula is C20H19FN2O3. The van der Waals surface area contributed by atoms with Crippen molar-refractivity contribution in [2.75, 3.05) is 5.32 Å². The predicted octanol–water partition coefficient (Wildman–Crippen LogP) is 3.99. The third-order valence-electron chi connectivity index (χ3n) is 4.39. The van der Waals surface area contributed by atoms with Gasteiger partial charge in [-0.2, -0.15) is 0 Å². The van der Waals surface area contributed by atoms with Gasteiger partial charge in [-0.25, -0.2) is 9.18 Å². The molecule has 0 radical (unpaired) electrons. The number of aryl methyl sites for hydroxylation is 2. The standard InChI is InChI=1S/C20H19FN2O3/c1-3-23-17-7-5-4-6-14(17)15(19(23)20(25)26)11-18(24)22-13-9-8-12(2)16(21)10-13/h4-10H,3,11H2,1-2H3,(H,22,24)(H,25,26). The molecule has 0 saturated carbocycles. The normalized spacial score (nSPS) is 10.9. The summed E-state index contributed by atoms with van der Waals surface area (Å²) in [5, 5.41) is 13.0. The second kappa shape index (κ2) is 7.00. The van der Waals surface area contributed by atoms with Crippen molar-refractivity contribution in [3.8, 4) is 0 Å². The summed E-state index contributed by atoms with van der Waals surface area (Å²) in [6, 6.07) is 11.7. The van der Waals surface area contributed by atoms with Crippen LogP contribution in [0, 0.1) is 12.7 Å². The highest BCUT2D eigenvalue weighted by atomic mass is 19.1. The van der Waals surface area contributed by atoms with Gasteiger partial charge in [-0.05, 0) is 37.6 Å². The maximum atomic E-state index is 13.7. The Hall–Kier alpha value is -3.15. The van der Waals surface area contributed by atoms with Crippen LogP contribution in [0.15, 0.2) is 42.5 Å². The molecule has 134 valence electrons. The van der Waals surface area contributed by atoms with Crippen LogP contribution in [0.5, 0.6) is 0 Å². The van der Waals surface area contributed by atoms with Gasteiger partial charge in [0.25, 0.3) is 0 Å². The van der Waals surface area contributed by atoms with Crippen molar-refractivity contribution < 1.29 is 19.1 Å². The van der Waals surface area contributed by atoms with Crippen LogP contribution in [-0.4, -0.2) is 21.6 Å². The summed E-state index contributed by atoms with van der Waals surface area (Å²) in [6.45, 7) is 3.98. The number of aromatic nitrogens is 1. The second-order valence-corrected chi connectivity index (χ2v) is 6.08. The molecule has 5 nitrogen and oxygen atoms in total. The number of para-hydroxylation sites is 1. The molecule has 0 fully saturated rings. The molecule has 26 heavy (non-hydrogen) atoms. The largest absolute Gasteiger partial charge is 0.477 e. The van der Waals surface area contributed by atoms with Crippen molar-refractivity contribution in [2.24, 2.45) is 0 Å². The zero-order valence-corrected chi connectivity index (χ0v) is 14.5. The highest BCUT2D eigenvalue weighted by Gasteiger charge is 2.23. The van der Waals surface area contributed by atoms with Crippen molar-refractivity contribution in [1.82, 2.24) is 4.57 Å². The van der Waals surface area contributed by atoms with Crippen molar-refractivity contribution in [2.45, 2.75) is 26.8 Å². The fourth-order valence-electron chi connectivity index (χ4n) is 3.16. The van der Waals surface area contributed by atoms with Crippen LogP contribution in [0.1, 0.15) is 28.5 Å². The van der Waals surface area contributed by atoms with E-state index in [1.807, 2.05) is 31.2 Å². The monoisotopic (exact) mass is 354 g/mol. The number of aromatic carboxylic acids is 1. The third kappa shape index (κ3) is 3.18. The summed E-state index contributed by atoms with van der Waals surface area (Å²) in [7, 11) is 0. The molecule has 0 unspecified atom stereocenters. The Bertz CT molecular complexity index is 1010. The maximum Gasteiger partial charge on any atom is 0.352 e. The lowest BCUT2D eigenvalue weighted by Gasteiger charge is -2.08. The predicted molar refractivity (Wildman–Crippen MR) is 98.0 cm³/mol. The van der Waals surface area contributed by atoms with E-state index in [1.165, 1.54) is 6.07 Å². The van der Waals surface area contributed by atoms with Gasteiger partial charge in [-0.1, -0.05) is 24.3 Å². The number of rotatable bonds is 5. The average Bonchev–Trinajstić information content (AvgIpc) is 2.92. The number of anilines is 1. The molecule has 1 amide bonds. The molecule has 0 aliphatic heterocycles. The van der Waals surface area contributed by atoms with E-state index in [1.54, 1.807) is 23.6 Å². The van der Waals surface area contributed by atoms with E-state index in [-0.39, 0.29) is 12.1 Å². The minimum absolute atomic E-state index is 0.107. The number of nitrogens with zero attached hydrogens (tertiary/aromatic N) is 1. The first-order valence-corrected chi connectivity index (χ1v) is 8.31. The van der Waals surface area contributed by atoms with Gasteiger partial charge < -0.3 is 15.0 Å². The van der Waals surface area contributed by atoms with Crippen LogP contribution in [0.4, 0.5) is 10.1 Å². The van der Waals surface area contributed by atoms with Crippen LogP contribution in [0.3, 0.4) is 0 Å². The Morgan fingerprint density at radius 3 is 2.58 bits per heavy atom. The Morgan fingerprint density at radius 1 is 1.19 bits per heavy atom. The lowest BCUT2D eigenvalue weighted by Crippen LogP contribution is -2.17. The number of fused-ring (bicyclic) bond motifs is 1. The number of benzene rings is 2. The van der Waals surface area contributed by atoms with Crippen LogP contribution >= 0.6 is 0 Å². The molecule has 3 aromatic rings. The SMILES string of the molecule is CCn1c(C(=O)O)c(CC(=O)Nc2ccc(C)c(F)c2)c2ccccc21. The quantitative estimate of drug-likeness (QED) is 0.728. The van der Waals surface area contributed by atoms with Crippen LogP contribution in [-0.2, 0) is 17.8 Å². The van der Waals surface area contributed by atoms with Crippen molar-refractivity contribution in [3.63, 3.8) is 0 Å². The fraction of sp³-hybridized carbons (Fsp3) is 0.200. The molecule has 1 aromatic heterocycles. The highest BCUT2D eigenvalue weighted by Crippen LogP contribution is 2.27. The highest BCUT2D eigenvalue weighted by molar-refractivity contribution is 6.02. The van der Waals surface area contributed by atoms with Crippen LogP contribution in [0.2, 0.25) is 0 Å². The smallest absolute Gasteiger partial charge is 0.352 e. The van der Waals surface area contributed by atoms with Gasteiger partial charge in [0.05, 0.1) is 6.42 Å². The number of carbonyl (C=O) groups is 2. The van der Waals surface area contributed by atoms with E-state index in [2.05, 4.69) is 5.32 Å². The van der Waals surface area contributed by atoms with E-state index >= 15 is 0 Å². The molecule has 3 rings (SSSR count). The number of amides is 1. The molecule has 1 heterocycles. The van der Waals surface area contributed by atoms with E-state index in [0.717, 1.165) is 10.9 Å². The Kier molecular flexibility index (Phi) is 4.75. The molecule has 0 aliphatic rings. The zero-order valence-electron chi connectivity index (χ0n) is 14.5. The number of halogens is 1. The second-order valence-electron chi connectivity index (χ2n) is 6.08. The molecule has 0 aliphatic carbocycles. The van der Waals surface area contributed by atoms with E-state index in [9.17, 15) is 19.1 Å². The van der Waals surface area contributed by atoms with Gasteiger partial charge in [0, 0.05) is 28.7 Å². The summed E-state index contributed by atoms with van der Waals surface area (Å²) in [5.74, 6) is -1.88. The lowest BCUT2D eigenvalue weighted by atomic mass is 10.1. The summed E-state index contributed by atoms with van der Waals surface area (Å²) >= 11 is 0. The van der Waals surface area contributed by atoms with Gasteiger partial charge in [-0.3, -0.25) is 4.79 Å². The number of carboxylic acid groups (broad SMARTS) is 1. The number of carbonyl (C=O) groups excluding carboxylic acids is 1. The van der Waals surface area contributed by atoms with Crippen molar-refractivity contribution >= 4 is 28.5 Å². The summed E-state index contributed by atoms with van der Waals surface area (Å²) in [5.41, 5.74) is 2.17. The van der Waals surface area contributed by atoms with Gasteiger partial charge in [0.15, 0.2) is 0 Å². The van der Waals surface area contributed by atoms with E-state index in [0.29, 0.717) is 23.4 Å². The average molecular weight is 354 g/mol. The molecular weight excluding hydrogens is 335 g/mol. The van der Waals surface area contributed by atoms with E-state index in [4.69, 9.17) is 0 Å². The molecule has 0 bridgehead atoms. The van der Waals surface area contributed by atoms with Crippen molar-refractivity contribution in [3.05, 3.63) is 65.1 Å². The van der Waals surface area contributed by atoms with Gasteiger partial charge >= 0.3 is 5.97 Å². The molecule has 2 N–H and O–H groups in total. The molecule has 0 saturated heterocycles. The maximum absolute atomic E-state index is 13.7. The Labute approximate surface area is 150 Å². The van der Waals surface area contributed by atoms with Gasteiger partial charge in [0.2, 0.25) is 5.91 Å². The van der Waals surface area contributed by atoms with Gasteiger partial charge in [-0.15, -0.1) is 0 Å². The number of nitrogens with one attached hydrogen (secondary N) is 1. The Balaban J connectivity index is 1.97. The zero-order chi connectivity index (χ0) is 18.8. The first-order chi connectivity index (χ1) is 12.4. The minimum atomic E-state index is -1.08. The summed E-state index contributed by atoms with van der Waals surface area (Å²) < 4.78 is 15.3. The first-order valence-electron chi connectivity index (χ1n) is 8.31. The molecule has 0 atom stereocenters. The molecule has 2 aromatic carbocycles. The number of hydrogen-bond donors (Lipinski definition) is 2. The summed E-state index contributed by atoms with van der Waals surface area (Å²) in [6.07, 6.45) is -0.107. The van der Waals surface area contributed by atoms with Crippen molar-refractivity contribution in [1.29, 1.82) is 0 Å². The number of hydrogen-bond acceptors (Lipinski definition) is 2. The third-order valence-corrected chi connectivity index (χ3v) is 4.39. The van der Waals surface area contributed by atoms with Crippen LogP contribution < -0.4 is 5.32 Å². The topological polar surface area (TPSA) is 71.3 Å². The first kappa shape index (κ1) is 17.7. The minimum Gasteiger partial charge on any atom is -0.477 e. The molecule has 6 heteroatoms. The van der Waals surface area contributed by atoms with Gasteiger partial charge in [0.1, 0.15) is 11.5 Å². The Morgan fingerprint density at radius 2 is 1.92 bits per heavy atom. The number of carboxylic acids is 1. The lowest BCUT2D eigenvalue weighted by molar-refractivity contribution is -0.115. The van der Waals surface area contributed by atoms with E-state index < -0.39 is 17.7 Å². The summed E-state index contributed by atoms with van der Waals surface area (Å²) in [4.78, 5) is 24.2.